The summed E-state index contributed by atoms with van der Waals surface area (Å²) in [5.74, 6) is 3.47. The summed E-state index contributed by atoms with van der Waals surface area (Å²) < 4.78 is 5.62. The SMILES string of the molecule is c1cc(OCCCCCN2CCSC2)ccn1. The van der Waals surface area contributed by atoms with Crippen molar-refractivity contribution in [3.05, 3.63) is 24.5 Å². The number of nitrogens with zero attached hydrogens (tertiary/aromatic N) is 2. The molecule has 0 radical (unpaired) electrons. The summed E-state index contributed by atoms with van der Waals surface area (Å²) in [5.41, 5.74) is 0. The predicted molar refractivity (Wildman–Crippen MR) is 72.5 cm³/mol. The zero-order valence-corrected chi connectivity index (χ0v) is 11.0. The highest BCUT2D eigenvalue weighted by Gasteiger charge is 2.10. The Morgan fingerprint density at radius 2 is 2.12 bits per heavy atom. The van der Waals surface area contributed by atoms with Gasteiger partial charge in [-0.25, -0.2) is 0 Å². The molecular weight excluding hydrogens is 232 g/mol. The zero-order valence-electron chi connectivity index (χ0n) is 10.2. The van der Waals surface area contributed by atoms with Crippen molar-refractivity contribution in [2.24, 2.45) is 0 Å². The summed E-state index contributed by atoms with van der Waals surface area (Å²) >= 11 is 2.04. The van der Waals surface area contributed by atoms with Gasteiger partial charge in [0, 0.05) is 30.6 Å². The fraction of sp³-hybridized carbons (Fsp3) is 0.615. The molecule has 0 N–H and O–H groups in total. The minimum Gasteiger partial charge on any atom is -0.493 e. The first-order valence-corrected chi connectivity index (χ1v) is 7.43. The predicted octanol–water partition coefficient (Wildman–Crippen LogP) is 2.64. The molecule has 3 nitrogen and oxygen atoms in total. The Morgan fingerprint density at radius 1 is 1.24 bits per heavy atom. The van der Waals surface area contributed by atoms with Crippen molar-refractivity contribution in [2.45, 2.75) is 19.3 Å². The lowest BCUT2D eigenvalue weighted by molar-refractivity contribution is 0.293. The minimum atomic E-state index is 0.818. The summed E-state index contributed by atoms with van der Waals surface area (Å²) in [7, 11) is 0. The van der Waals surface area contributed by atoms with E-state index >= 15 is 0 Å². The van der Waals surface area contributed by atoms with Gasteiger partial charge in [-0.05, 0) is 37.9 Å². The minimum absolute atomic E-state index is 0.818. The van der Waals surface area contributed by atoms with Crippen LogP contribution in [0.25, 0.3) is 0 Å². The fourth-order valence-corrected chi connectivity index (χ4v) is 2.90. The summed E-state index contributed by atoms with van der Waals surface area (Å²) in [5, 5.41) is 0. The van der Waals surface area contributed by atoms with Crippen LogP contribution in [-0.2, 0) is 0 Å². The molecule has 0 bridgehead atoms. The Hall–Kier alpha value is -0.740. The van der Waals surface area contributed by atoms with Crippen LogP contribution in [0.1, 0.15) is 19.3 Å². The highest BCUT2D eigenvalue weighted by molar-refractivity contribution is 7.99. The summed E-state index contributed by atoms with van der Waals surface area (Å²) in [6, 6.07) is 3.81. The van der Waals surface area contributed by atoms with Crippen molar-refractivity contribution in [3.8, 4) is 5.75 Å². The molecule has 0 atom stereocenters. The van der Waals surface area contributed by atoms with Gasteiger partial charge < -0.3 is 4.74 Å². The lowest BCUT2D eigenvalue weighted by atomic mass is 10.2. The van der Waals surface area contributed by atoms with Gasteiger partial charge >= 0.3 is 0 Å². The summed E-state index contributed by atoms with van der Waals surface area (Å²) in [6.45, 7) is 3.35. The number of ether oxygens (including phenoxy) is 1. The van der Waals surface area contributed by atoms with E-state index in [1.807, 2.05) is 23.9 Å². The van der Waals surface area contributed by atoms with Gasteiger partial charge in [-0.1, -0.05) is 0 Å². The third-order valence-corrected chi connectivity index (χ3v) is 3.88. The zero-order chi connectivity index (χ0) is 11.8. The summed E-state index contributed by atoms with van der Waals surface area (Å²) in [4.78, 5) is 6.50. The van der Waals surface area contributed by atoms with Gasteiger partial charge in [0.25, 0.3) is 0 Å². The quantitative estimate of drug-likeness (QED) is 0.697. The molecule has 4 heteroatoms. The molecule has 2 rings (SSSR count). The Kier molecular flexibility index (Phi) is 5.65. The van der Waals surface area contributed by atoms with Crippen LogP contribution in [0.3, 0.4) is 0 Å². The average molecular weight is 252 g/mol. The highest BCUT2D eigenvalue weighted by atomic mass is 32.2. The monoisotopic (exact) mass is 252 g/mol. The molecule has 0 amide bonds. The van der Waals surface area contributed by atoms with E-state index in [9.17, 15) is 0 Å². The maximum atomic E-state index is 5.62. The van der Waals surface area contributed by atoms with Crippen molar-refractivity contribution in [1.29, 1.82) is 0 Å². The van der Waals surface area contributed by atoms with Gasteiger partial charge in [-0.3, -0.25) is 9.88 Å². The number of hydrogen-bond acceptors (Lipinski definition) is 4. The van der Waals surface area contributed by atoms with Gasteiger partial charge in [-0.15, -0.1) is 11.8 Å². The molecule has 0 saturated carbocycles. The van der Waals surface area contributed by atoms with Gasteiger partial charge in [0.1, 0.15) is 5.75 Å². The van der Waals surface area contributed by atoms with E-state index in [1.165, 1.54) is 37.6 Å². The van der Waals surface area contributed by atoms with Crippen molar-refractivity contribution < 1.29 is 4.74 Å². The maximum absolute atomic E-state index is 5.62. The third-order valence-electron chi connectivity index (χ3n) is 2.86. The Morgan fingerprint density at radius 3 is 2.88 bits per heavy atom. The van der Waals surface area contributed by atoms with Crippen LogP contribution in [0.4, 0.5) is 0 Å². The molecule has 1 aromatic heterocycles. The van der Waals surface area contributed by atoms with Crippen LogP contribution < -0.4 is 4.74 Å². The van der Waals surface area contributed by atoms with Crippen LogP contribution in [0.5, 0.6) is 5.75 Å². The van der Waals surface area contributed by atoms with Gasteiger partial charge in [0.05, 0.1) is 6.61 Å². The van der Waals surface area contributed by atoms with Crippen LogP contribution >= 0.6 is 11.8 Å². The first-order valence-electron chi connectivity index (χ1n) is 6.28. The number of hydrogen-bond donors (Lipinski definition) is 0. The Labute approximate surface area is 108 Å². The maximum Gasteiger partial charge on any atom is 0.122 e. The van der Waals surface area contributed by atoms with E-state index < -0.39 is 0 Å². The second-order valence-corrected chi connectivity index (χ2v) is 5.32. The van der Waals surface area contributed by atoms with Crippen molar-refractivity contribution in [1.82, 2.24) is 9.88 Å². The topological polar surface area (TPSA) is 25.4 Å². The smallest absolute Gasteiger partial charge is 0.122 e. The number of aromatic nitrogens is 1. The first kappa shape index (κ1) is 12.7. The van der Waals surface area contributed by atoms with E-state index in [-0.39, 0.29) is 0 Å². The van der Waals surface area contributed by atoms with Crippen LogP contribution in [0.15, 0.2) is 24.5 Å². The second-order valence-electron chi connectivity index (χ2n) is 4.25. The number of rotatable bonds is 7. The molecule has 1 fully saturated rings. The highest BCUT2D eigenvalue weighted by Crippen LogP contribution is 2.14. The lowest BCUT2D eigenvalue weighted by Gasteiger charge is -2.13. The van der Waals surface area contributed by atoms with E-state index in [1.54, 1.807) is 12.4 Å². The second kappa shape index (κ2) is 7.56. The van der Waals surface area contributed by atoms with Crippen LogP contribution in [0.2, 0.25) is 0 Å². The first-order chi connectivity index (χ1) is 8.45. The van der Waals surface area contributed by atoms with E-state index in [0.717, 1.165) is 18.8 Å². The summed E-state index contributed by atoms with van der Waals surface area (Å²) in [6.07, 6.45) is 7.22. The molecule has 94 valence electrons. The number of thioether (sulfide) groups is 1. The van der Waals surface area contributed by atoms with E-state index in [4.69, 9.17) is 4.74 Å². The van der Waals surface area contributed by atoms with Crippen molar-refractivity contribution in [2.75, 3.05) is 31.3 Å². The van der Waals surface area contributed by atoms with Gasteiger partial charge in [-0.2, -0.15) is 0 Å². The lowest BCUT2D eigenvalue weighted by Crippen LogP contribution is -2.20. The number of unbranched alkanes of at least 4 members (excludes halogenated alkanes) is 2. The molecular formula is C13H20N2OS. The number of pyridine rings is 1. The molecule has 1 saturated heterocycles. The molecule has 0 aromatic carbocycles. The molecule has 17 heavy (non-hydrogen) atoms. The van der Waals surface area contributed by atoms with E-state index in [0.29, 0.717) is 0 Å². The average Bonchev–Trinajstić information content (AvgIpc) is 2.88. The van der Waals surface area contributed by atoms with Crippen molar-refractivity contribution in [3.63, 3.8) is 0 Å². The third kappa shape index (κ3) is 4.96. The molecule has 0 unspecified atom stereocenters. The van der Waals surface area contributed by atoms with Gasteiger partial charge in [0.2, 0.25) is 0 Å². The Balaban J connectivity index is 1.46. The molecule has 1 aliphatic heterocycles. The molecule has 2 heterocycles. The van der Waals surface area contributed by atoms with Crippen LogP contribution in [-0.4, -0.2) is 41.2 Å². The molecule has 0 spiro atoms. The molecule has 1 aliphatic rings. The normalized spacial score (nSPS) is 16.2. The molecule has 0 aliphatic carbocycles. The van der Waals surface area contributed by atoms with Crippen molar-refractivity contribution >= 4 is 11.8 Å². The standard InChI is InChI=1S/C13H20N2OS/c1(2-8-15-9-11-17-12-15)3-10-16-13-4-6-14-7-5-13/h4-7H,1-3,8-12H2. The van der Waals surface area contributed by atoms with Crippen LogP contribution in [0, 0.1) is 0 Å². The molecule has 1 aromatic rings. The van der Waals surface area contributed by atoms with Gasteiger partial charge in [0.15, 0.2) is 0 Å². The Bertz CT molecular complexity index is 302. The largest absolute Gasteiger partial charge is 0.493 e. The fourth-order valence-electron chi connectivity index (χ4n) is 1.87. The van der Waals surface area contributed by atoms with E-state index in [2.05, 4.69) is 9.88 Å².